The maximum Gasteiger partial charge on any atom is 0.335 e. The zero-order chi connectivity index (χ0) is 26.7. The van der Waals surface area contributed by atoms with E-state index < -0.39 is 17.8 Å². The molecule has 3 aromatic rings. The summed E-state index contributed by atoms with van der Waals surface area (Å²) in [5.41, 5.74) is 2.62. The number of nitrogens with zero attached hydrogens (tertiary/aromatic N) is 2. The van der Waals surface area contributed by atoms with Crippen molar-refractivity contribution in [2.24, 2.45) is 5.92 Å². The van der Waals surface area contributed by atoms with Crippen LogP contribution in [0.15, 0.2) is 42.5 Å². The van der Waals surface area contributed by atoms with Crippen molar-refractivity contribution in [3.05, 3.63) is 74.2 Å². The maximum atomic E-state index is 13.2. The molecule has 2 amide bonds. The first-order valence-corrected chi connectivity index (χ1v) is 13.3. The Hall–Kier alpha value is -2.98. The standard InChI is InChI=1S/C27H29ClN4O4S.ClH/c1-15(2)32-11-10-21-23(14-32)37-26(31-21)25(34)30-22-13-18(27(35)36)5-4-17(22)12-16(3)24(33)29-20-8-6-19(28)7-9-20;/h4-9,13,15-16H,10-12,14H2,1-3H3,(H,29,33)(H,30,34)(H,35,36);1H. The topological polar surface area (TPSA) is 112 Å². The van der Waals surface area contributed by atoms with E-state index in [0.29, 0.717) is 39.4 Å². The Labute approximate surface area is 236 Å². The highest BCUT2D eigenvalue weighted by molar-refractivity contribution is 7.13. The average Bonchev–Trinajstić information content (AvgIpc) is 3.30. The monoisotopic (exact) mass is 576 g/mol. The molecule has 8 nitrogen and oxygen atoms in total. The lowest BCUT2D eigenvalue weighted by atomic mass is 9.97. The summed E-state index contributed by atoms with van der Waals surface area (Å²) in [7, 11) is 0. The van der Waals surface area contributed by atoms with Gasteiger partial charge >= 0.3 is 5.97 Å². The quantitative estimate of drug-likeness (QED) is 0.314. The molecule has 0 saturated heterocycles. The van der Waals surface area contributed by atoms with Crippen molar-refractivity contribution >= 4 is 64.5 Å². The molecule has 202 valence electrons. The number of rotatable bonds is 8. The molecule has 0 fully saturated rings. The van der Waals surface area contributed by atoms with Crippen LogP contribution in [0.1, 0.15) is 57.1 Å². The van der Waals surface area contributed by atoms with Crippen LogP contribution in [-0.2, 0) is 24.2 Å². The van der Waals surface area contributed by atoms with Gasteiger partial charge in [0, 0.05) is 52.7 Å². The van der Waals surface area contributed by atoms with Gasteiger partial charge in [-0.1, -0.05) is 24.6 Å². The Morgan fingerprint density at radius 2 is 1.82 bits per heavy atom. The number of thiazole rings is 1. The summed E-state index contributed by atoms with van der Waals surface area (Å²) in [5.74, 6) is -2.15. The zero-order valence-electron chi connectivity index (χ0n) is 21.3. The highest BCUT2D eigenvalue weighted by Crippen LogP contribution is 2.28. The minimum Gasteiger partial charge on any atom is -0.478 e. The number of halogens is 2. The van der Waals surface area contributed by atoms with Gasteiger partial charge in [0.1, 0.15) is 0 Å². The SMILES string of the molecule is CC(Cc1ccc(C(=O)O)cc1NC(=O)c1nc2c(s1)CN(C(C)C)CC2)C(=O)Nc1ccc(Cl)cc1.Cl. The van der Waals surface area contributed by atoms with Gasteiger partial charge in [-0.2, -0.15) is 0 Å². The molecule has 0 bridgehead atoms. The van der Waals surface area contributed by atoms with Gasteiger partial charge in [0.15, 0.2) is 5.01 Å². The van der Waals surface area contributed by atoms with Crippen molar-refractivity contribution in [1.82, 2.24) is 9.88 Å². The number of carbonyl (C=O) groups is 3. The third kappa shape index (κ3) is 7.11. The van der Waals surface area contributed by atoms with Gasteiger partial charge in [-0.3, -0.25) is 14.5 Å². The fraction of sp³-hybridized carbons (Fsp3) is 0.333. The summed E-state index contributed by atoms with van der Waals surface area (Å²) in [4.78, 5) is 45.5. The van der Waals surface area contributed by atoms with E-state index in [1.807, 2.05) is 0 Å². The number of anilines is 2. The predicted octanol–water partition coefficient (Wildman–Crippen LogP) is 5.75. The summed E-state index contributed by atoms with van der Waals surface area (Å²) in [6.07, 6.45) is 1.09. The third-order valence-electron chi connectivity index (χ3n) is 6.38. The van der Waals surface area contributed by atoms with Crippen molar-refractivity contribution < 1.29 is 19.5 Å². The van der Waals surface area contributed by atoms with Gasteiger partial charge in [-0.25, -0.2) is 9.78 Å². The Morgan fingerprint density at radius 1 is 1.11 bits per heavy atom. The van der Waals surface area contributed by atoms with Crippen LogP contribution in [0.25, 0.3) is 0 Å². The smallest absolute Gasteiger partial charge is 0.335 e. The second kappa shape index (κ2) is 12.7. The van der Waals surface area contributed by atoms with Gasteiger partial charge < -0.3 is 15.7 Å². The lowest BCUT2D eigenvalue weighted by molar-refractivity contribution is -0.119. The number of aromatic nitrogens is 1. The van der Waals surface area contributed by atoms with Crippen LogP contribution < -0.4 is 10.6 Å². The normalized spacial score (nSPS) is 13.8. The van der Waals surface area contributed by atoms with Gasteiger partial charge in [0.25, 0.3) is 5.91 Å². The van der Waals surface area contributed by atoms with Crippen molar-refractivity contribution in [3.63, 3.8) is 0 Å². The van der Waals surface area contributed by atoms with Crippen LogP contribution in [-0.4, -0.2) is 45.4 Å². The molecular weight excluding hydrogens is 547 g/mol. The van der Waals surface area contributed by atoms with E-state index in [0.717, 1.165) is 30.1 Å². The molecule has 1 aliphatic heterocycles. The highest BCUT2D eigenvalue weighted by Gasteiger charge is 2.25. The molecule has 1 unspecified atom stereocenters. The van der Waals surface area contributed by atoms with Crippen molar-refractivity contribution in [1.29, 1.82) is 0 Å². The van der Waals surface area contributed by atoms with Crippen molar-refractivity contribution in [3.8, 4) is 0 Å². The molecule has 0 saturated carbocycles. The van der Waals surface area contributed by atoms with Crippen LogP contribution in [0.2, 0.25) is 5.02 Å². The minimum absolute atomic E-state index is 0. The minimum atomic E-state index is -1.10. The van der Waals surface area contributed by atoms with E-state index in [9.17, 15) is 19.5 Å². The van der Waals surface area contributed by atoms with Gasteiger partial charge in [-0.15, -0.1) is 23.7 Å². The summed E-state index contributed by atoms with van der Waals surface area (Å²) >= 11 is 7.28. The zero-order valence-corrected chi connectivity index (χ0v) is 23.7. The van der Waals surface area contributed by atoms with Crippen LogP contribution in [0.4, 0.5) is 11.4 Å². The molecule has 1 aromatic heterocycles. The Kier molecular flexibility index (Phi) is 9.89. The molecule has 11 heteroatoms. The molecular formula is C27H30Cl2N4O4S. The lowest BCUT2D eigenvalue weighted by Crippen LogP contribution is -2.35. The Bertz CT molecular complexity index is 1330. The third-order valence-corrected chi connectivity index (χ3v) is 7.71. The van der Waals surface area contributed by atoms with Crippen LogP contribution in [0, 0.1) is 5.92 Å². The van der Waals surface area contributed by atoms with E-state index in [4.69, 9.17) is 11.6 Å². The Morgan fingerprint density at radius 3 is 2.47 bits per heavy atom. The van der Waals surface area contributed by atoms with E-state index in [-0.39, 0.29) is 23.9 Å². The van der Waals surface area contributed by atoms with Gasteiger partial charge in [0.2, 0.25) is 5.91 Å². The summed E-state index contributed by atoms with van der Waals surface area (Å²) in [6, 6.07) is 11.8. The van der Waals surface area contributed by atoms with Crippen LogP contribution in [0.3, 0.4) is 0 Å². The van der Waals surface area contributed by atoms with E-state index >= 15 is 0 Å². The number of nitrogens with one attached hydrogen (secondary N) is 2. The van der Waals surface area contributed by atoms with E-state index in [1.54, 1.807) is 37.3 Å². The second-order valence-corrected chi connectivity index (χ2v) is 11.0. The van der Waals surface area contributed by atoms with Crippen molar-refractivity contribution in [2.75, 3.05) is 17.2 Å². The molecule has 1 aliphatic rings. The Balaban J connectivity index is 0.00000400. The van der Waals surface area contributed by atoms with E-state index in [2.05, 4.69) is 34.4 Å². The van der Waals surface area contributed by atoms with Crippen LogP contribution >= 0.6 is 35.3 Å². The molecule has 2 heterocycles. The molecule has 0 radical (unpaired) electrons. The number of carboxylic acids is 1. The summed E-state index contributed by atoms with van der Waals surface area (Å²) in [6.45, 7) is 7.73. The van der Waals surface area contributed by atoms with E-state index in [1.165, 1.54) is 23.5 Å². The van der Waals surface area contributed by atoms with Gasteiger partial charge in [-0.05, 0) is 62.2 Å². The number of carboxylic acid groups (broad SMARTS) is 1. The molecule has 3 N–H and O–H groups in total. The first-order valence-electron chi connectivity index (χ1n) is 12.1. The lowest BCUT2D eigenvalue weighted by Gasteiger charge is -2.29. The summed E-state index contributed by atoms with van der Waals surface area (Å²) < 4.78 is 0. The molecule has 38 heavy (non-hydrogen) atoms. The number of benzene rings is 2. The molecule has 2 aromatic carbocycles. The second-order valence-electron chi connectivity index (χ2n) is 9.44. The fourth-order valence-corrected chi connectivity index (χ4v) is 5.31. The molecule has 1 atom stereocenters. The predicted molar refractivity (Wildman–Crippen MR) is 153 cm³/mol. The number of fused-ring (bicyclic) bond motifs is 1. The molecule has 4 rings (SSSR count). The largest absolute Gasteiger partial charge is 0.478 e. The molecule has 0 spiro atoms. The highest BCUT2D eigenvalue weighted by atomic mass is 35.5. The maximum absolute atomic E-state index is 13.2. The number of hydrogen-bond donors (Lipinski definition) is 3. The number of amides is 2. The number of aromatic carboxylic acids is 1. The van der Waals surface area contributed by atoms with Crippen molar-refractivity contribution in [2.45, 2.75) is 46.2 Å². The first kappa shape index (κ1) is 29.6. The fourth-order valence-electron chi connectivity index (χ4n) is 4.15. The summed E-state index contributed by atoms with van der Waals surface area (Å²) in [5, 5.41) is 16.1. The number of hydrogen-bond acceptors (Lipinski definition) is 6. The van der Waals surface area contributed by atoms with Gasteiger partial charge in [0.05, 0.1) is 11.3 Å². The first-order chi connectivity index (χ1) is 17.6. The number of carbonyl (C=O) groups excluding carboxylic acids is 2. The average molecular weight is 578 g/mol. The molecule has 0 aliphatic carbocycles. The van der Waals surface area contributed by atoms with Crippen LogP contribution in [0.5, 0.6) is 0 Å².